The molecule has 0 radical (unpaired) electrons. The minimum atomic E-state index is -2.58. The Hall–Kier alpha value is -3.86. The standard InChI is InChI=1S/C31H40N6O4/c32-28(38)19-31(41,36-29(39)27-18-16-24-13-7-8-14-26(24)35-27)30(40)34-25(17-15-22-9-3-1-4-10-22)21-37(33)20-23-11-5-2-6-12-23/h1,3-4,7-10,13-14,16,18,23,25,41H,2,5-6,11-12,15,17,19-21,33H2,(H2,32,38)(H,34,40)(H,36,39)/t25-,31+/m0/s1. The number of para-hydroxylation sites is 1. The lowest BCUT2D eigenvalue weighted by Crippen LogP contribution is -2.63. The summed E-state index contributed by atoms with van der Waals surface area (Å²) in [6, 6.07) is 19.8. The molecule has 3 amide bonds. The van der Waals surface area contributed by atoms with Crippen LogP contribution < -0.4 is 22.2 Å². The Morgan fingerprint density at radius 1 is 1.00 bits per heavy atom. The number of carbonyl (C=O) groups excluding carboxylic acids is 3. The summed E-state index contributed by atoms with van der Waals surface area (Å²) in [5.74, 6) is 4.21. The average Bonchev–Trinajstić information content (AvgIpc) is 2.96. The van der Waals surface area contributed by atoms with Gasteiger partial charge in [0.25, 0.3) is 11.8 Å². The second-order valence-corrected chi connectivity index (χ2v) is 11.0. The van der Waals surface area contributed by atoms with E-state index in [2.05, 4.69) is 15.6 Å². The SMILES string of the molecule is NC(=O)C[C@](O)(NC(=O)c1ccc2ccccc2n1)C(=O)N[C@@H](CCc1ccccc1)CN(N)CC1CCCCC1. The molecule has 0 saturated heterocycles. The zero-order valence-corrected chi connectivity index (χ0v) is 23.3. The predicted molar refractivity (Wildman–Crippen MR) is 157 cm³/mol. The molecule has 0 spiro atoms. The van der Waals surface area contributed by atoms with Crippen LogP contribution in [0.4, 0.5) is 0 Å². The number of nitrogens with zero attached hydrogens (tertiary/aromatic N) is 2. The third-order valence-corrected chi connectivity index (χ3v) is 7.59. The second-order valence-electron chi connectivity index (χ2n) is 11.0. The number of nitrogens with one attached hydrogen (secondary N) is 2. The fourth-order valence-electron chi connectivity index (χ4n) is 5.44. The van der Waals surface area contributed by atoms with Gasteiger partial charge in [-0.25, -0.2) is 9.99 Å². The monoisotopic (exact) mass is 560 g/mol. The maximum absolute atomic E-state index is 13.5. The van der Waals surface area contributed by atoms with Gasteiger partial charge in [0.1, 0.15) is 5.69 Å². The lowest BCUT2D eigenvalue weighted by Gasteiger charge is -2.32. The van der Waals surface area contributed by atoms with Crippen molar-refractivity contribution in [3.8, 4) is 0 Å². The van der Waals surface area contributed by atoms with E-state index in [9.17, 15) is 19.5 Å². The van der Waals surface area contributed by atoms with E-state index in [1.165, 1.54) is 25.3 Å². The van der Waals surface area contributed by atoms with Crippen molar-refractivity contribution in [3.63, 3.8) is 0 Å². The Balaban J connectivity index is 1.48. The molecule has 218 valence electrons. The molecule has 10 heteroatoms. The van der Waals surface area contributed by atoms with E-state index in [1.807, 2.05) is 42.5 Å². The van der Waals surface area contributed by atoms with Gasteiger partial charge in [0.15, 0.2) is 0 Å². The molecular weight excluding hydrogens is 520 g/mol. The zero-order chi connectivity index (χ0) is 29.2. The fraction of sp³-hybridized carbons (Fsp3) is 0.419. The highest BCUT2D eigenvalue weighted by Gasteiger charge is 2.41. The third kappa shape index (κ3) is 8.81. The van der Waals surface area contributed by atoms with Gasteiger partial charge in [-0.15, -0.1) is 0 Å². The van der Waals surface area contributed by atoms with Crippen LogP contribution in [0.1, 0.15) is 61.0 Å². The van der Waals surface area contributed by atoms with Crippen molar-refractivity contribution < 1.29 is 19.5 Å². The highest BCUT2D eigenvalue weighted by atomic mass is 16.3. The van der Waals surface area contributed by atoms with Crippen LogP contribution in [0.25, 0.3) is 10.9 Å². The third-order valence-electron chi connectivity index (χ3n) is 7.59. The van der Waals surface area contributed by atoms with E-state index in [1.54, 1.807) is 23.2 Å². The Morgan fingerprint density at radius 3 is 2.44 bits per heavy atom. The molecular formula is C31H40N6O4. The first kappa shape index (κ1) is 30.1. The Bertz CT molecular complexity index is 1330. The number of nitrogens with two attached hydrogens (primary N) is 2. The van der Waals surface area contributed by atoms with Crippen LogP contribution in [-0.4, -0.2) is 57.7 Å². The predicted octanol–water partition coefficient (Wildman–Crippen LogP) is 2.40. The Morgan fingerprint density at radius 2 is 1.71 bits per heavy atom. The van der Waals surface area contributed by atoms with Gasteiger partial charge in [-0.3, -0.25) is 20.2 Å². The van der Waals surface area contributed by atoms with Crippen molar-refractivity contribution in [1.29, 1.82) is 0 Å². The summed E-state index contributed by atoms with van der Waals surface area (Å²) < 4.78 is 0. The molecule has 1 saturated carbocycles. The number of aryl methyl sites for hydroxylation is 1. The molecule has 2 atom stereocenters. The number of carbonyl (C=O) groups is 3. The highest BCUT2D eigenvalue weighted by molar-refractivity contribution is 6.00. The van der Waals surface area contributed by atoms with Crippen molar-refractivity contribution in [2.45, 2.75) is 63.1 Å². The zero-order valence-electron chi connectivity index (χ0n) is 23.3. The number of pyridine rings is 1. The first-order chi connectivity index (χ1) is 19.7. The minimum absolute atomic E-state index is 0.0133. The molecule has 7 N–H and O–H groups in total. The first-order valence-electron chi connectivity index (χ1n) is 14.3. The van der Waals surface area contributed by atoms with Gasteiger partial charge >= 0.3 is 0 Å². The number of rotatable bonds is 13. The Labute approximate surface area is 240 Å². The number of benzene rings is 2. The summed E-state index contributed by atoms with van der Waals surface area (Å²) in [5.41, 5.74) is 4.45. The molecule has 10 nitrogen and oxygen atoms in total. The van der Waals surface area contributed by atoms with Crippen molar-refractivity contribution in [3.05, 3.63) is 78.0 Å². The highest BCUT2D eigenvalue weighted by Crippen LogP contribution is 2.24. The average molecular weight is 561 g/mol. The largest absolute Gasteiger partial charge is 0.370 e. The van der Waals surface area contributed by atoms with E-state index in [0.29, 0.717) is 37.4 Å². The molecule has 4 rings (SSSR count). The summed E-state index contributed by atoms with van der Waals surface area (Å²) in [7, 11) is 0. The quantitative estimate of drug-likeness (QED) is 0.122. The van der Waals surface area contributed by atoms with Crippen molar-refractivity contribution in [2.24, 2.45) is 17.5 Å². The van der Waals surface area contributed by atoms with Crippen LogP contribution in [0.3, 0.4) is 0 Å². The van der Waals surface area contributed by atoms with Crippen LogP contribution >= 0.6 is 0 Å². The number of aliphatic hydroxyl groups is 1. The number of hydrogen-bond acceptors (Lipinski definition) is 7. The topological polar surface area (TPSA) is 164 Å². The molecule has 41 heavy (non-hydrogen) atoms. The normalized spacial score (nSPS) is 16.2. The molecule has 1 aromatic heterocycles. The molecule has 3 aromatic rings. The van der Waals surface area contributed by atoms with E-state index in [4.69, 9.17) is 11.6 Å². The summed E-state index contributed by atoms with van der Waals surface area (Å²) >= 11 is 0. The van der Waals surface area contributed by atoms with Crippen molar-refractivity contribution >= 4 is 28.6 Å². The number of aromatic nitrogens is 1. The number of hydrazine groups is 1. The van der Waals surface area contributed by atoms with Gasteiger partial charge in [-0.05, 0) is 49.3 Å². The van der Waals surface area contributed by atoms with E-state index < -0.39 is 35.9 Å². The number of hydrogen-bond donors (Lipinski definition) is 5. The molecule has 1 aliphatic rings. The van der Waals surface area contributed by atoms with E-state index in [-0.39, 0.29) is 5.69 Å². The van der Waals surface area contributed by atoms with Gasteiger partial charge in [-0.2, -0.15) is 0 Å². The second kappa shape index (κ2) is 14.2. The molecule has 1 aliphatic carbocycles. The van der Waals surface area contributed by atoms with Crippen LogP contribution in [-0.2, 0) is 16.0 Å². The number of primary amides is 1. The molecule has 2 aromatic carbocycles. The smallest absolute Gasteiger partial charge is 0.274 e. The van der Waals surface area contributed by atoms with E-state index in [0.717, 1.165) is 23.8 Å². The lowest BCUT2D eigenvalue weighted by atomic mass is 9.89. The molecule has 1 fully saturated rings. The molecule has 0 aliphatic heterocycles. The summed E-state index contributed by atoms with van der Waals surface area (Å²) in [6.45, 7) is 1.04. The first-order valence-corrected chi connectivity index (χ1v) is 14.3. The lowest BCUT2D eigenvalue weighted by molar-refractivity contribution is -0.147. The molecule has 0 bridgehead atoms. The number of fused-ring (bicyclic) bond motifs is 1. The van der Waals surface area contributed by atoms with Crippen LogP contribution in [0.2, 0.25) is 0 Å². The van der Waals surface area contributed by atoms with Crippen LogP contribution in [0.15, 0.2) is 66.7 Å². The van der Waals surface area contributed by atoms with Gasteiger partial charge in [0, 0.05) is 24.5 Å². The van der Waals surface area contributed by atoms with Gasteiger partial charge in [0.05, 0.1) is 11.9 Å². The summed E-state index contributed by atoms with van der Waals surface area (Å²) in [4.78, 5) is 42.8. The maximum Gasteiger partial charge on any atom is 0.274 e. The van der Waals surface area contributed by atoms with Gasteiger partial charge in [0.2, 0.25) is 11.6 Å². The maximum atomic E-state index is 13.5. The minimum Gasteiger partial charge on any atom is -0.370 e. The summed E-state index contributed by atoms with van der Waals surface area (Å²) in [5, 5.41) is 19.0. The fourth-order valence-corrected chi connectivity index (χ4v) is 5.44. The van der Waals surface area contributed by atoms with Crippen LogP contribution in [0, 0.1) is 5.92 Å². The molecule has 1 heterocycles. The van der Waals surface area contributed by atoms with Gasteiger partial charge < -0.3 is 21.5 Å². The summed E-state index contributed by atoms with van der Waals surface area (Å²) in [6.07, 6.45) is 6.26. The van der Waals surface area contributed by atoms with E-state index >= 15 is 0 Å². The molecule has 0 unspecified atom stereocenters. The van der Waals surface area contributed by atoms with Gasteiger partial charge in [-0.1, -0.05) is 73.9 Å². The number of amides is 3. The Kier molecular flexibility index (Phi) is 10.4. The van der Waals surface area contributed by atoms with Crippen molar-refractivity contribution in [1.82, 2.24) is 20.6 Å². The van der Waals surface area contributed by atoms with Crippen LogP contribution in [0.5, 0.6) is 0 Å². The van der Waals surface area contributed by atoms with Crippen molar-refractivity contribution in [2.75, 3.05) is 13.1 Å².